The van der Waals surface area contributed by atoms with E-state index in [2.05, 4.69) is 41.9 Å². The van der Waals surface area contributed by atoms with E-state index in [9.17, 15) is 9.59 Å². The summed E-state index contributed by atoms with van der Waals surface area (Å²) in [6.07, 6.45) is 1.55. The Balaban J connectivity index is 1.50. The average Bonchev–Trinajstić information content (AvgIpc) is 3.25. The highest BCUT2D eigenvalue weighted by Crippen LogP contribution is 2.36. The predicted octanol–water partition coefficient (Wildman–Crippen LogP) is 6.54. The monoisotopic (exact) mass is 582 g/mol. The number of halogens is 1. The predicted molar refractivity (Wildman–Crippen MR) is 150 cm³/mol. The maximum absolute atomic E-state index is 13.9. The molecule has 0 aliphatic carbocycles. The van der Waals surface area contributed by atoms with Crippen LogP contribution in [0.4, 0.5) is 0 Å². The second-order valence-corrected chi connectivity index (χ2v) is 12.2. The Morgan fingerprint density at radius 3 is 2.67 bits per heavy atom. The van der Waals surface area contributed by atoms with Crippen molar-refractivity contribution in [3.8, 4) is 0 Å². The number of thiophene rings is 1. The van der Waals surface area contributed by atoms with E-state index in [4.69, 9.17) is 9.72 Å². The molecule has 0 saturated heterocycles. The van der Waals surface area contributed by atoms with E-state index < -0.39 is 0 Å². The SMILES string of the molecule is CC(C)[C@@H]1Cc2c(sc3nc(SCC(=O)c4ccc(Br)cc4)n(CCc4ccccc4)c(=O)c23)CO1. The maximum Gasteiger partial charge on any atom is 0.263 e. The van der Waals surface area contributed by atoms with Crippen molar-refractivity contribution < 1.29 is 9.53 Å². The summed E-state index contributed by atoms with van der Waals surface area (Å²) >= 11 is 6.29. The number of carbonyl (C=O) groups is 1. The number of hydrogen-bond acceptors (Lipinski definition) is 6. The van der Waals surface area contributed by atoms with Gasteiger partial charge in [0.05, 0.1) is 23.8 Å². The largest absolute Gasteiger partial charge is 0.372 e. The summed E-state index contributed by atoms with van der Waals surface area (Å²) in [7, 11) is 0. The molecule has 186 valence electrons. The summed E-state index contributed by atoms with van der Waals surface area (Å²) in [4.78, 5) is 33.5. The summed E-state index contributed by atoms with van der Waals surface area (Å²) in [5.74, 6) is 0.602. The lowest BCUT2D eigenvalue weighted by molar-refractivity contribution is 0.00200. The third-order valence-electron chi connectivity index (χ3n) is 6.50. The Bertz CT molecular complexity index is 1450. The van der Waals surface area contributed by atoms with Crippen LogP contribution in [-0.4, -0.2) is 27.2 Å². The second-order valence-electron chi connectivity index (χ2n) is 9.29. The van der Waals surface area contributed by atoms with E-state index in [1.807, 2.05) is 42.5 Å². The number of Topliss-reactive ketones (excluding diaryl/α,β-unsaturated/α-hetero) is 1. The molecule has 0 fully saturated rings. The van der Waals surface area contributed by atoms with E-state index in [-0.39, 0.29) is 23.2 Å². The van der Waals surface area contributed by atoms with Crippen molar-refractivity contribution in [1.29, 1.82) is 0 Å². The number of aromatic nitrogens is 2. The van der Waals surface area contributed by atoms with Crippen LogP contribution < -0.4 is 5.56 Å². The Labute approximate surface area is 227 Å². The molecule has 0 unspecified atom stereocenters. The highest BCUT2D eigenvalue weighted by Gasteiger charge is 2.28. The first-order chi connectivity index (χ1) is 17.4. The van der Waals surface area contributed by atoms with Crippen molar-refractivity contribution in [3.63, 3.8) is 0 Å². The summed E-state index contributed by atoms with van der Waals surface area (Å²) in [5, 5.41) is 1.31. The van der Waals surface area contributed by atoms with Crippen LogP contribution in [0.5, 0.6) is 0 Å². The van der Waals surface area contributed by atoms with Crippen LogP contribution in [0.2, 0.25) is 0 Å². The molecule has 2 aromatic carbocycles. The number of thioether (sulfide) groups is 1. The molecule has 2 aromatic heterocycles. The minimum absolute atomic E-state index is 0.00936. The summed E-state index contributed by atoms with van der Waals surface area (Å²) in [6, 6.07) is 17.5. The second kappa shape index (κ2) is 11.0. The van der Waals surface area contributed by atoms with Crippen molar-refractivity contribution in [2.24, 2.45) is 5.92 Å². The fourth-order valence-electron chi connectivity index (χ4n) is 4.41. The van der Waals surface area contributed by atoms with Crippen LogP contribution in [0.25, 0.3) is 10.2 Å². The molecule has 1 aliphatic rings. The standard InChI is InChI=1S/C28H27BrN2O3S2/c1-17(2)23-14-21-24(15-34-23)36-26-25(21)27(33)31(13-12-18-6-4-3-5-7-18)28(30-26)35-16-22(32)19-8-10-20(29)11-9-19/h3-11,17,23H,12-16H2,1-2H3/t23-/m0/s1. The van der Waals surface area contributed by atoms with Gasteiger partial charge >= 0.3 is 0 Å². The van der Waals surface area contributed by atoms with Gasteiger partial charge in [0.1, 0.15) is 4.83 Å². The molecule has 4 aromatic rings. The lowest BCUT2D eigenvalue weighted by Crippen LogP contribution is -2.29. The lowest BCUT2D eigenvalue weighted by atomic mass is 9.96. The third-order valence-corrected chi connectivity index (χ3v) is 9.11. The van der Waals surface area contributed by atoms with E-state index in [0.717, 1.165) is 37.1 Å². The van der Waals surface area contributed by atoms with Crippen LogP contribution >= 0.6 is 39.0 Å². The van der Waals surface area contributed by atoms with E-state index >= 15 is 0 Å². The van der Waals surface area contributed by atoms with Gasteiger partial charge in [-0.3, -0.25) is 14.2 Å². The number of ether oxygens (including phenoxy) is 1. The zero-order chi connectivity index (χ0) is 25.2. The van der Waals surface area contributed by atoms with Gasteiger partial charge in [0.2, 0.25) is 0 Å². The maximum atomic E-state index is 13.9. The summed E-state index contributed by atoms with van der Waals surface area (Å²) < 4.78 is 8.75. The van der Waals surface area contributed by atoms with Gasteiger partial charge in [-0.1, -0.05) is 84.0 Å². The Hall–Kier alpha value is -2.26. The molecule has 3 heterocycles. The van der Waals surface area contributed by atoms with Crippen LogP contribution in [0.1, 0.15) is 40.2 Å². The Kier molecular flexibility index (Phi) is 7.76. The number of fused-ring (bicyclic) bond motifs is 3. The third kappa shape index (κ3) is 5.37. The first-order valence-electron chi connectivity index (χ1n) is 12.0. The Morgan fingerprint density at radius 1 is 1.19 bits per heavy atom. The summed E-state index contributed by atoms with van der Waals surface area (Å²) in [5.41, 5.74) is 2.88. The first-order valence-corrected chi connectivity index (χ1v) is 14.6. The van der Waals surface area contributed by atoms with Gasteiger partial charge in [0.25, 0.3) is 5.56 Å². The number of benzene rings is 2. The molecule has 0 amide bonds. The molecule has 5 nitrogen and oxygen atoms in total. The topological polar surface area (TPSA) is 61.2 Å². The van der Waals surface area contributed by atoms with Crippen molar-refractivity contribution in [3.05, 3.63) is 91.0 Å². The number of rotatable bonds is 8. The number of hydrogen-bond donors (Lipinski definition) is 0. The van der Waals surface area contributed by atoms with Gasteiger partial charge in [-0.15, -0.1) is 11.3 Å². The molecule has 0 N–H and O–H groups in total. The molecule has 5 rings (SSSR count). The molecule has 0 spiro atoms. The zero-order valence-corrected chi connectivity index (χ0v) is 23.4. The van der Waals surface area contributed by atoms with Gasteiger partial charge in [-0.05, 0) is 35.6 Å². The molecule has 0 saturated carbocycles. The smallest absolute Gasteiger partial charge is 0.263 e. The van der Waals surface area contributed by atoms with E-state index in [0.29, 0.717) is 36.2 Å². The van der Waals surface area contributed by atoms with E-state index in [1.165, 1.54) is 11.8 Å². The first kappa shape index (κ1) is 25.4. The number of carbonyl (C=O) groups excluding carboxylic acids is 1. The highest BCUT2D eigenvalue weighted by molar-refractivity contribution is 9.10. The lowest BCUT2D eigenvalue weighted by Gasteiger charge is -2.26. The average molecular weight is 584 g/mol. The molecule has 1 atom stereocenters. The molecule has 0 radical (unpaired) electrons. The molecular weight excluding hydrogens is 556 g/mol. The highest BCUT2D eigenvalue weighted by atomic mass is 79.9. The minimum atomic E-state index is -0.0172. The minimum Gasteiger partial charge on any atom is -0.372 e. The normalized spacial score (nSPS) is 15.4. The molecule has 8 heteroatoms. The van der Waals surface area contributed by atoms with Gasteiger partial charge in [0, 0.05) is 27.9 Å². The van der Waals surface area contributed by atoms with Crippen molar-refractivity contribution >= 4 is 55.0 Å². The number of aryl methyl sites for hydroxylation is 1. The van der Waals surface area contributed by atoms with Crippen LogP contribution in [0, 0.1) is 5.92 Å². The molecular formula is C28H27BrN2O3S2. The van der Waals surface area contributed by atoms with Crippen molar-refractivity contribution in [2.75, 3.05) is 5.75 Å². The quantitative estimate of drug-likeness (QED) is 0.134. The van der Waals surface area contributed by atoms with Gasteiger partial charge < -0.3 is 4.74 Å². The van der Waals surface area contributed by atoms with Crippen LogP contribution in [0.3, 0.4) is 0 Å². The number of nitrogens with zero attached hydrogens (tertiary/aromatic N) is 2. The molecule has 36 heavy (non-hydrogen) atoms. The van der Waals surface area contributed by atoms with Crippen LogP contribution in [-0.2, 0) is 30.7 Å². The summed E-state index contributed by atoms with van der Waals surface area (Å²) in [6.45, 7) is 5.33. The fraction of sp³-hybridized carbons (Fsp3) is 0.321. The van der Waals surface area contributed by atoms with Gasteiger partial charge in [-0.2, -0.15) is 0 Å². The van der Waals surface area contributed by atoms with Gasteiger partial charge in [0.15, 0.2) is 10.9 Å². The van der Waals surface area contributed by atoms with E-state index in [1.54, 1.807) is 15.9 Å². The number of ketones is 1. The zero-order valence-electron chi connectivity index (χ0n) is 20.2. The fourth-order valence-corrected chi connectivity index (χ4v) is 6.76. The molecule has 0 bridgehead atoms. The van der Waals surface area contributed by atoms with Crippen molar-refractivity contribution in [2.45, 2.75) is 51.1 Å². The van der Waals surface area contributed by atoms with Gasteiger partial charge in [-0.25, -0.2) is 4.98 Å². The van der Waals surface area contributed by atoms with Crippen LogP contribution in [0.15, 0.2) is 69.0 Å². The van der Waals surface area contributed by atoms with Crippen molar-refractivity contribution in [1.82, 2.24) is 9.55 Å². The Morgan fingerprint density at radius 2 is 1.94 bits per heavy atom. The molecule has 1 aliphatic heterocycles.